The number of aromatic nitrogens is 4. The Hall–Kier alpha value is -3.13. The fraction of sp³-hybridized carbons (Fsp3) is 0.423. The zero-order valence-corrected chi connectivity index (χ0v) is 23.5. The van der Waals surface area contributed by atoms with Crippen molar-refractivity contribution in [1.82, 2.24) is 25.3 Å². The standard InChI is InChI=1S/C26H30FIN8O2/c1-3-20-15-38-11-10-36(20)24-21-8-9-35(25-29-12-18(27)13-30-25)14-22(21)33-23(34-24)17-4-6-19(7-5-17)32-26(37)31-16(2)28/h4-7,12-13,16,20H,3,8-11,14-15H2,1-2H3,(H2,31,32,37). The molecule has 3 aromatic rings. The van der Waals surface area contributed by atoms with Crippen molar-refractivity contribution >= 4 is 46.1 Å². The lowest BCUT2D eigenvalue weighted by Crippen LogP contribution is -2.47. The maximum atomic E-state index is 13.4. The minimum Gasteiger partial charge on any atom is -0.377 e. The van der Waals surface area contributed by atoms with Crippen LogP contribution in [0.5, 0.6) is 0 Å². The van der Waals surface area contributed by atoms with Crippen LogP contribution in [-0.2, 0) is 17.7 Å². The number of carbonyl (C=O) groups excluding carboxylic acids is 1. The molecule has 2 aliphatic heterocycles. The number of nitrogens with zero attached hydrogens (tertiary/aromatic N) is 6. The minimum atomic E-state index is -0.463. The molecule has 2 N–H and O–H groups in total. The number of carbonyl (C=O) groups is 1. The normalized spacial score (nSPS) is 18.1. The highest BCUT2D eigenvalue weighted by molar-refractivity contribution is 14.1. The molecular formula is C26H30FIN8O2. The molecule has 5 rings (SSSR count). The molecular weight excluding hydrogens is 602 g/mol. The van der Waals surface area contributed by atoms with Gasteiger partial charge in [-0.15, -0.1) is 0 Å². The molecule has 2 aliphatic rings. The van der Waals surface area contributed by atoms with E-state index in [1.165, 1.54) is 12.4 Å². The van der Waals surface area contributed by atoms with Gasteiger partial charge in [0.15, 0.2) is 11.6 Å². The highest BCUT2D eigenvalue weighted by Gasteiger charge is 2.30. The quantitative estimate of drug-likeness (QED) is 0.237. The molecule has 1 saturated heterocycles. The molecule has 4 heterocycles. The first-order valence-corrected chi connectivity index (χ1v) is 13.9. The summed E-state index contributed by atoms with van der Waals surface area (Å²) in [5, 5.41) is 5.65. The predicted molar refractivity (Wildman–Crippen MR) is 152 cm³/mol. The average Bonchev–Trinajstić information content (AvgIpc) is 2.92. The Kier molecular flexibility index (Phi) is 8.17. The molecule has 0 spiro atoms. The number of hydrogen-bond acceptors (Lipinski definition) is 8. The second-order valence-corrected chi connectivity index (χ2v) is 11.2. The highest BCUT2D eigenvalue weighted by atomic mass is 127. The molecule has 1 aromatic carbocycles. The molecule has 2 unspecified atom stereocenters. The molecule has 2 aromatic heterocycles. The zero-order valence-electron chi connectivity index (χ0n) is 21.3. The number of amides is 2. The Morgan fingerprint density at radius 2 is 1.97 bits per heavy atom. The summed E-state index contributed by atoms with van der Waals surface area (Å²) in [5.74, 6) is 1.57. The number of anilines is 3. The van der Waals surface area contributed by atoms with E-state index in [4.69, 9.17) is 14.7 Å². The summed E-state index contributed by atoms with van der Waals surface area (Å²) in [6.07, 6.45) is 4.05. The third-order valence-electron chi connectivity index (χ3n) is 6.63. The van der Waals surface area contributed by atoms with Crippen molar-refractivity contribution in [1.29, 1.82) is 0 Å². The van der Waals surface area contributed by atoms with Gasteiger partial charge in [0.1, 0.15) is 5.82 Å². The number of fused-ring (bicyclic) bond motifs is 1. The van der Waals surface area contributed by atoms with Crippen LogP contribution in [0.4, 0.5) is 26.6 Å². The number of alkyl halides is 1. The molecule has 0 saturated carbocycles. The Morgan fingerprint density at radius 3 is 2.68 bits per heavy atom. The Labute approximate surface area is 234 Å². The van der Waals surface area contributed by atoms with Gasteiger partial charge < -0.3 is 25.2 Å². The molecule has 0 bridgehead atoms. The summed E-state index contributed by atoms with van der Waals surface area (Å²) in [5.41, 5.74) is 3.55. The number of morpholine rings is 1. The molecule has 1 fully saturated rings. The Morgan fingerprint density at radius 1 is 1.21 bits per heavy atom. The van der Waals surface area contributed by atoms with Crippen molar-refractivity contribution in [2.45, 2.75) is 43.3 Å². The van der Waals surface area contributed by atoms with Gasteiger partial charge in [0.2, 0.25) is 5.95 Å². The van der Waals surface area contributed by atoms with Crippen LogP contribution in [0.3, 0.4) is 0 Å². The van der Waals surface area contributed by atoms with Gasteiger partial charge >= 0.3 is 6.03 Å². The molecule has 0 aliphatic carbocycles. The van der Waals surface area contributed by atoms with Gasteiger partial charge in [0, 0.05) is 29.9 Å². The van der Waals surface area contributed by atoms with Gasteiger partial charge in [-0.2, -0.15) is 0 Å². The van der Waals surface area contributed by atoms with Crippen LogP contribution < -0.4 is 20.4 Å². The lowest BCUT2D eigenvalue weighted by molar-refractivity contribution is 0.0924. The van der Waals surface area contributed by atoms with Crippen molar-refractivity contribution in [2.75, 3.05) is 41.4 Å². The summed E-state index contributed by atoms with van der Waals surface area (Å²) in [6, 6.07) is 7.49. The van der Waals surface area contributed by atoms with Gasteiger partial charge in [0.05, 0.1) is 47.9 Å². The summed E-state index contributed by atoms with van der Waals surface area (Å²) in [6.45, 7) is 7.33. The maximum Gasteiger partial charge on any atom is 0.320 e. The fourth-order valence-corrected chi connectivity index (χ4v) is 5.02. The number of benzene rings is 1. The van der Waals surface area contributed by atoms with E-state index in [0.717, 1.165) is 42.0 Å². The van der Waals surface area contributed by atoms with Crippen LogP contribution in [0.25, 0.3) is 11.4 Å². The third kappa shape index (κ3) is 5.96. The van der Waals surface area contributed by atoms with Crippen molar-refractivity contribution in [2.24, 2.45) is 0 Å². The largest absolute Gasteiger partial charge is 0.377 e. The van der Waals surface area contributed by atoms with Crippen LogP contribution >= 0.6 is 22.6 Å². The van der Waals surface area contributed by atoms with E-state index in [0.29, 0.717) is 43.8 Å². The predicted octanol–water partition coefficient (Wildman–Crippen LogP) is 4.15. The number of rotatable bonds is 6. The summed E-state index contributed by atoms with van der Waals surface area (Å²) in [7, 11) is 0. The van der Waals surface area contributed by atoms with Gasteiger partial charge in [-0.25, -0.2) is 29.1 Å². The van der Waals surface area contributed by atoms with E-state index < -0.39 is 5.82 Å². The molecule has 0 radical (unpaired) electrons. The summed E-state index contributed by atoms with van der Waals surface area (Å²) in [4.78, 5) is 34.8. The smallest absolute Gasteiger partial charge is 0.320 e. The Bertz CT molecular complexity index is 1280. The number of nitrogens with one attached hydrogen (secondary N) is 2. The Balaban J connectivity index is 1.49. The number of ether oxygens (including phenoxy) is 1. The molecule has 2 atom stereocenters. The minimum absolute atomic E-state index is 0.0150. The summed E-state index contributed by atoms with van der Waals surface area (Å²) >= 11 is 2.13. The molecule has 38 heavy (non-hydrogen) atoms. The van der Waals surface area contributed by atoms with E-state index in [-0.39, 0.29) is 16.1 Å². The first kappa shape index (κ1) is 26.5. The first-order chi connectivity index (χ1) is 18.4. The van der Waals surface area contributed by atoms with Crippen LogP contribution in [0.2, 0.25) is 0 Å². The van der Waals surface area contributed by atoms with Crippen molar-refractivity contribution < 1.29 is 13.9 Å². The lowest BCUT2D eigenvalue weighted by Gasteiger charge is -2.39. The first-order valence-electron chi connectivity index (χ1n) is 12.7. The van der Waals surface area contributed by atoms with Crippen LogP contribution in [0.1, 0.15) is 31.5 Å². The zero-order chi connectivity index (χ0) is 26.6. The van der Waals surface area contributed by atoms with Crippen LogP contribution in [0.15, 0.2) is 36.7 Å². The average molecular weight is 632 g/mol. The van der Waals surface area contributed by atoms with Gasteiger partial charge in [0.25, 0.3) is 0 Å². The van der Waals surface area contributed by atoms with Crippen LogP contribution in [0, 0.1) is 5.82 Å². The van der Waals surface area contributed by atoms with Gasteiger partial charge in [-0.3, -0.25) is 0 Å². The second-order valence-electron chi connectivity index (χ2n) is 9.29. The topological polar surface area (TPSA) is 108 Å². The SMILES string of the molecule is CCC1COCCN1c1nc(-c2ccc(NC(=O)NC(C)I)cc2)nc2c1CCN(c1ncc(F)cn1)C2. The number of urea groups is 1. The van der Waals surface area contributed by atoms with E-state index in [1.54, 1.807) is 0 Å². The fourth-order valence-electron chi connectivity index (χ4n) is 4.74. The van der Waals surface area contributed by atoms with Crippen LogP contribution in [-0.4, -0.2) is 62.4 Å². The van der Waals surface area contributed by atoms with E-state index >= 15 is 0 Å². The van der Waals surface area contributed by atoms with Gasteiger partial charge in [-0.1, -0.05) is 29.5 Å². The van der Waals surface area contributed by atoms with Gasteiger partial charge in [-0.05, 0) is 44.0 Å². The summed E-state index contributed by atoms with van der Waals surface area (Å²) < 4.78 is 19.2. The molecule has 2 amide bonds. The molecule has 10 nitrogen and oxygen atoms in total. The van der Waals surface area contributed by atoms with Crippen molar-refractivity contribution in [3.63, 3.8) is 0 Å². The van der Waals surface area contributed by atoms with Crippen molar-refractivity contribution in [3.05, 3.63) is 53.7 Å². The number of hydrogen-bond donors (Lipinski definition) is 2. The van der Waals surface area contributed by atoms with Crippen molar-refractivity contribution in [3.8, 4) is 11.4 Å². The second kappa shape index (κ2) is 11.7. The maximum absolute atomic E-state index is 13.4. The lowest BCUT2D eigenvalue weighted by atomic mass is 10.0. The van der Waals surface area contributed by atoms with E-state index in [1.807, 2.05) is 36.1 Å². The van der Waals surface area contributed by atoms with E-state index in [2.05, 4.69) is 55.0 Å². The number of halogens is 2. The highest BCUT2D eigenvalue weighted by Crippen LogP contribution is 2.33. The third-order valence-corrected chi connectivity index (χ3v) is 6.95. The molecule has 200 valence electrons. The monoisotopic (exact) mass is 632 g/mol. The van der Waals surface area contributed by atoms with E-state index in [9.17, 15) is 9.18 Å². The molecule has 12 heteroatoms.